The predicted octanol–water partition coefficient (Wildman–Crippen LogP) is 3.11. The fourth-order valence-electron chi connectivity index (χ4n) is 1.93. The maximum Gasteiger partial charge on any atom is 0.129 e. The lowest BCUT2D eigenvalue weighted by molar-refractivity contribution is 0.164. The van der Waals surface area contributed by atoms with Crippen LogP contribution in [0.3, 0.4) is 0 Å². The second kappa shape index (κ2) is 5.99. The maximum absolute atomic E-state index is 13.5. The summed E-state index contributed by atoms with van der Waals surface area (Å²) in [6, 6.07) is 9.99. The lowest BCUT2D eigenvalue weighted by Crippen LogP contribution is -2.24. The Hall–Kier alpha value is -1.65. The molecule has 2 N–H and O–H groups in total. The van der Waals surface area contributed by atoms with E-state index in [0.717, 1.165) is 11.5 Å². The number of aliphatic hydroxyl groups is 1. The molecule has 4 heteroatoms. The van der Waals surface area contributed by atoms with Gasteiger partial charge in [0.2, 0.25) is 0 Å². The number of hydrogen-bond acceptors (Lipinski definition) is 3. The third kappa shape index (κ3) is 3.43. The minimum absolute atomic E-state index is 0.0323. The van der Waals surface area contributed by atoms with E-state index >= 15 is 0 Å². The molecule has 0 aliphatic rings. The third-order valence-corrected chi connectivity index (χ3v) is 3.07. The number of hydrogen-bond donors (Lipinski definition) is 2. The van der Waals surface area contributed by atoms with Gasteiger partial charge in [-0.15, -0.1) is 0 Å². The van der Waals surface area contributed by atoms with Crippen LogP contribution >= 0.6 is 0 Å². The van der Waals surface area contributed by atoms with Gasteiger partial charge in [-0.1, -0.05) is 18.2 Å². The lowest BCUT2D eigenvalue weighted by Gasteiger charge is -2.16. The Balaban J connectivity index is 1.94. The highest BCUT2D eigenvalue weighted by atomic mass is 19.1. The molecule has 0 aliphatic carbocycles. The second-order valence-electron chi connectivity index (χ2n) is 4.62. The number of nitrogens with one attached hydrogen (secondary N) is 1. The van der Waals surface area contributed by atoms with Gasteiger partial charge in [0.1, 0.15) is 17.3 Å². The van der Waals surface area contributed by atoms with Gasteiger partial charge in [0.25, 0.3) is 0 Å². The second-order valence-corrected chi connectivity index (χ2v) is 4.62. The van der Waals surface area contributed by atoms with Gasteiger partial charge in [-0.25, -0.2) is 4.39 Å². The van der Waals surface area contributed by atoms with Crippen molar-refractivity contribution in [3.05, 3.63) is 59.3 Å². The van der Waals surface area contributed by atoms with Crippen molar-refractivity contribution in [1.29, 1.82) is 0 Å². The van der Waals surface area contributed by atoms with E-state index in [1.807, 2.05) is 26.0 Å². The molecule has 0 amide bonds. The first-order chi connectivity index (χ1) is 9.08. The average Bonchev–Trinajstić information content (AvgIpc) is 2.83. The number of halogens is 1. The van der Waals surface area contributed by atoms with Crippen LogP contribution in [0.15, 0.2) is 40.8 Å². The van der Waals surface area contributed by atoms with Gasteiger partial charge in [-0.2, -0.15) is 0 Å². The molecular weight excluding hydrogens is 245 g/mol. The van der Waals surface area contributed by atoms with Crippen molar-refractivity contribution >= 4 is 0 Å². The molecule has 2 unspecified atom stereocenters. The van der Waals surface area contributed by atoms with Crippen molar-refractivity contribution in [1.82, 2.24) is 5.32 Å². The number of furan rings is 1. The Bertz CT molecular complexity index is 538. The van der Waals surface area contributed by atoms with Gasteiger partial charge >= 0.3 is 0 Å². The number of benzene rings is 1. The molecule has 0 saturated heterocycles. The van der Waals surface area contributed by atoms with Gasteiger partial charge in [0, 0.05) is 12.1 Å². The van der Waals surface area contributed by atoms with Crippen LogP contribution in [0.1, 0.15) is 36.2 Å². The Morgan fingerprint density at radius 3 is 2.63 bits per heavy atom. The van der Waals surface area contributed by atoms with Gasteiger partial charge in [-0.05, 0) is 32.0 Å². The summed E-state index contributed by atoms with van der Waals surface area (Å²) in [5.74, 6) is 1.26. The monoisotopic (exact) mass is 263 g/mol. The van der Waals surface area contributed by atoms with Crippen molar-refractivity contribution in [2.45, 2.75) is 26.0 Å². The van der Waals surface area contributed by atoms with Crippen LogP contribution in [0.2, 0.25) is 0 Å². The van der Waals surface area contributed by atoms with Crippen LogP contribution in [0.4, 0.5) is 4.39 Å². The van der Waals surface area contributed by atoms with E-state index in [4.69, 9.17) is 4.42 Å². The average molecular weight is 263 g/mol. The molecular formula is C15H18FNO2. The van der Waals surface area contributed by atoms with Crippen LogP contribution in [0.5, 0.6) is 0 Å². The standard InChI is InChI=1S/C15H18FNO2/c1-10-7-8-15(19-10)11(2)17-9-14(18)12-5-3-4-6-13(12)16/h3-8,11,14,17-18H,9H2,1-2H3. The summed E-state index contributed by atoms with van der Waals surface area (Å²) in [6.45, 7) is 4.08. The van der Waals surface area contributed by atoms with Crippen LogP contribution in [-0.4, -0.2) is 11.7 Å². The zero-order chi connectivity index (χ0) is 13.8. The zero-order valence-corrected chi connectivity index (χ0v) is 11.1. The molecule has 102 valence electrons. The number of rotatable bonds is 5. The van der Waals surface area contributed by atoms with Crippen LogP contribution in [-0.2, 0) is 0 Å². The summed E-state index contributed by atoms with van der Waals surface area (Å²) in [6.07, 6.45) is -0.875. The summed E-state index contributed by atoms with van der Waals surface area (Å²) >= 11 is 0. The molecule has 0 radical (unpaired) electrons. The van der Waals surface area contributed by atoms with E-state index in [2.05, 4.69) is 5.32 Å². The molecule has 0 bridgehead atoms. The first-order valence-electron chi connectivity index (χ1n) is 6.30. The Morgan fingerprint density at radius 1 is 1.26 bits per heavy atom. The van der Waals surface area contributed by atoms with Crippen LogP contribution < -0.4 is 5.32 Å². The molecule has 2 atom stereocenters. The number of aliphatic hydroxyl groups excluding tert-OH is 1. The lowest BCUT2D eigenvalue weighted by atomic mass is 10.1. The fraction of sp³-hybridized carbons (Fsp3) is 0.333. The van der Waals surface area contributed by atoms with Crippen LogP contribution in [0, 0.1) is 12.7 Å². The van der Waals surface area contributed by atoms with Gasteiger partial charge in [0.05, 0.1) is 12.1 Å². The Labute approximate surface area is 112 Å². The molecule has 1 aromatic heterocycles. The van der Waals surface area contributed by atoms with Crippen molar-refractivity contribution in [3.63, 3.8) is 0 Å². The van der Waals surface area contributed by atoms with Gasteiger partial charge in [-0.3, -0.25) is 0 Å². The van der Waals surface area contributed by atoms with E-state index in [1.165, 1.54) is 6.07 Å². The summed E-state index contributed by atoms with van der Waals surface area (Å²) in [5, 5.41) is 13.1. The molecule has 19 heavy (non-hydrogen) atoms. The minimum atomic E-state index is -0.875. The largest absolute Gasteiger partial charge is 0.465 e. The Morgan fingerprint density at radius 2 is 2.00 bits per heavy atom. The summed E-state index contributed by atoms with van der Waals surface area (Å²) < 4.78 is 19.0. The molecule has 0 saturated carbocycles. The maximum atomic E-state index is 13.5. The molecule has 0 spiro atoms. The number of aryl methyl sites for hydroxylation is 1. The summed E-state index contributed by atoms with van der Waals surface area (Å²) in [7, 11) is 0. The molecule has 2 rings (SSSR count). The quantitative estimate of drug-likeness (QED) is 0.871. The first-order valence-corrected chi connectivity index (χ1v) is 6.30. The first kappa shape index (κ1) is 13.8. The summed E-state index contributed by atoms with van der Waals surface area (Å²) in [4.78, 5) is 0. The predicted molar refractivity (Wildman–Crippen MR) is 71.2 cm³/mol. The Kier molecular flexibility index (Phi) is 4.35. The molecule has 3 nitrogen and oxygen atoms in total. The smallest absolute Gasteiger partial charge is 0.129 e. The topological polar surface area (TPSA) is 45.4 Å². The van der Waals surface area contributed by atoms with E-state index in [9.17, 15) is 9.50 Å². The van der Waals surface area contributed by atoms with Crippen molar-refractivity contribution in [2.75, 3.05) is 6.54 Å². The summed E-state index contributed by atoms with van der Waals surface area (Å²) in [5.41, 5.74) is 0.304. The van der Waals surface area contributed by atoms with Gasteiger partial charge < -0.3 is 14.8 Å². The SMILES string of the molecule is Cc1ccc(C(C)NCC(O)c2ccccc2F)o1. The molecule has 0 aliphatic heterocycles. The van der Waals surface area contributed by atoms with Gasteiger partial charge in [0.15, 0.2) is 0 Å². The van der Waals surface area contributed by atoms with E-state index in [-0.39, 0.29) is 12.6 Å². The van der Waals surface area contributed by atoms with Crippen molar-refractivity contribution in [2.24, 2.45) is 0 Å². The minimum Gasteiger partial charge on any atom is -0.465 e. The third-order valence-electron chi connectivity index (χ3n) is 3.07. The normalized spacial score (nSPS) is 14.3. The molecule has 2 aromatic rings. The highest BCUT2D eigenvalue weighted by molar-refractivity contribution is 5.20. The van der Waals surface area contributed by atoms with E-state index in [0.29, 0.717) is 5.56 Å². The van der Waals surface area contributed by atoms with E-state index in [1.54, 1.807) is 18.2 Å². The van der Waals surface area contributed by atoms with Crippen molar-refractivity contribution < 1.29 is 13.9 Å². The zero-order valence-electron chi connectivity index (χ0n) is 11.1. The fourth-order valence-corrected chi connectivity index (χ4v) is 1.93. The van der Waals surface area contributed by atoms with E-state index < -0.39 is 11.9 Å². The highest BCUT2D eigenvalue weighted by Crippen LogP contribution is 2.19. The van der Waals surface area contributed by atoms with Crippen LogP contribution in [0.25, 0.3) is 0 Å². The molecule has 1 heterocycles. The highest BCUT2D eigenvalue weighted by Gasteiger charge is 2.15. The van der Waals surface area contributed by atoms with Crippen molar-refractivity contribution in [3.8, 4) is 0 Å². The molecule has 1 aromatic carbocycles. The molecule has 0 fully saturated rings.